The van der Waals surface area contributed by atoms with Crippen LogP contribution in [0.3, 0.4) is 0 Å². The molecular formula is C16H28N2S. The van der Waals surface area contributed by atoms with Gasteiger partial charge in [-0.15, -0.1) is 0 Å². The second kappa shape index (κ2) is 5.67. The predicted molar refractivity (Wildman–Crippen MR) is 84.9 cm³/mol. The Labute approximate surface area is 122 Å². The third-order valence-corrected chi connectivity index (χ3v) is 7.07. The Bertz CT molecular complexity index is 335. The van der Waals surface area contributed by atoms with Crippen molar-refractivity contribution >= 4 is 16.9 Å². The molecule has 2 aliphatic carbocycles. The van der Waals surface area contributed by atoms with E-state index in [4.69, 9.17) is 4.99 Å². The molecule has 0 amide bonds. The van der Waals surface area contributed by atoms with Crippen molar-refractivity contribution < 1.29 is 0 Å². The molecule has 0 aromatic heterocycles. The van der Waals surface area contributed by atoms with E-state index in [0.29, 0.717) is 10.8 Å². The second-order valence-electron chi connectivity index (χ2n) is 7.03. The second-order valence-corrected chi connectivity index (χ2v) is 8.00. The predicted octanol–water partition coefficient (Wildman–Crippen LogP) is 4.21. The lowest BCUT2D eigenvalue weighted by Crippen LogP contribution is -2.43. The zero-order chi connectivity index (χ0) is 13.2. The van der Waals surface area contributed by atoms with E-state index in [1.165, 1.54) is 68.7 Å². The number of nitrogens with zero attached hydrogens (tertiary/aromatic N) is 1. The number of hydrogen-bond acceptors (Lipinski definition) is 3. The molecule has 2 fully saturated rings. The van der Waals surface area contributed by atoms with Gasteiger partial charge < -0.3 is 5.32 Å². The first-order valence-corrected chi connectivity index (χ1v) is 9.16. The molecule has 0 aromatic rings. The zero-order valence-corrected chi connectivity index (χ0v) is 13.2. The van der Waals surface area contributed by atoms with Crippen molar-refractivity contribution in [2.24, 2.45) is 15.8 Å². The number of amidine groups is 1. The lowest BCUT2D eigenvalue weighted by atomic mass is 9.67. The molecule has 1 spiro atoms. The Kier molecular flexibility index (Phi) is 4.11. The van der Waals surface area contributed by atoms with E-state index >= 15 is 0 Å². The summed E-state index contributed by atoms with van der Waals surface area (Å²) in [5.41, 5.74) is 1.16. The van der Waals surface area contributed by atoms with Crippen LogP contribution in [0, 0.1) is 10.8 Å². The van der Waals surface area contributed by atoms with E-state index in [1.54, 1.807) is 0 Å². The van der Waals surface area contributed by atoms with Gasteiger partial charge in [0.25, 0.3) is 0 Å². The van der Waals surface area contributed by atoms with E-state index in [0.717, 1.165) is 13.1 Å². The fraction of sp³-hybridized carbons (Fsp3) is 0.938. The fourth-order valence-electron chi connectivity index (χ4n) is 3.86. The normalized spacial score (nSPS) is 28.6. The maximum absolute atomic E-state index is 4.87. The van der Waals surface area contributed by atoms with Gasteiger partial charge in [-0.1, -0.05) is 44.4 Å². The summed E-state index contributed by atoms with van der Waals surface area (Å²) in [6.45, 7) is 4.58. The monoisotopic (exact) mass is 280 g/mol. The minimum absolute atomic E-state index is 0.563. The quantitative estimate of drug-likeness (QED) is 0.837. The van der Waals surface area contributed by atoms with Crippen molar-refractivity contribution in [1.82, 2.24) is 5.32 Å². The van der Waals surface area contributed by atoms with Crippen LogP contribution >= 0.6 is 11.8 Å². The largest absolute Gasteiger partial charge is 0.364 e. The summed E-state index contributed by atoms with van der Waals surface area (Å²) in [5, 5.41) is 4.88. The number of aliphatic imine (C=N–C) groups is 1. The maximum atomic E-state index is 4.87. The zero-order valence-electron chi connectivity index (χ0n) is 12.3. The van der Waals surface area contributed by atoms with Gasteiger partial charge in [0.1, 0.15) is 0 Å². The first-order valence-electron chi connectivity index (χ1n) is 8.17. The van der Waals surface area contributed by atoms with Crippen molar-refractivity contribution in [3.05, 3.63) is 0 Å². The van der Waals surface area contributed by atoms with Crippen LogP contribution in [0.4, 0.5) is 0 Å². The summed E-state index contributed by atoms with van der Waals surface area (Å²) < 4.78 is 0. The highest BCUT2D eigenvalue weighted by molar-refractivity contribution is 8.13. The molecule has 19 heavy (non-hydrogen) atoms. The minimum atomic E-state index is 0.563. The molecule has 1 heterocycles. The Balaban J connectivity index is 1.50. The highest BCUT2D eigenvalue weighted by Crippen LogP contribution is 2.44. The lowest BCUT2D eigenvalue weighted by molar-refractivity contribution is 0.132. The van der Waals surface area contributed by atoms with Crippen LogP contribution in [0.25, 0.3) is 0 Å². The molecule has 108 valence electrons. The third-order valence-electron chi connectivity index (χ3n) is 5.77. The summed E-state index contributed by atoms with van der Waals surface area (Å²) in [4.78, 5) is 4.87. The molecule has 0 radical (unpaired) electrons. The average Bonchev–Trinajstić information content (AvgIpc) is 2.41. The van der Waals surface area contributed by atoms with Crippen molar-refractivity contribution in [2.45, 2.75) is 64.7 Å². The van der Waals surface area contributed by atoms with Crippen LogP contribution in [-0.2, 0) is 0 Å². The summed E-state index contributed by atoms with van der Waals surface area (Å²) in [5.74, 6) is 1.30. The molecule has 2 nitrogen and oxygen atoms in total. The van der Waals surface area contributed by atoms with E-state index in [1.807, 2.05) is 11.8 Å². The molecule has 1 N–H and O–H groups in total. The fourth-order valence-corrected chi connectivity index (χ4v) is 5.01. The SMILES string of the molecule is CCC1(CNC2=NCC3(CCCCC3)CS2)CCC1. The van der Waals surface area contributed by atoms with Gasteiger partial charge in [0.05, 0.1) is 0 Å². The maximum Gasteiger partial charge on any atom is 0.156 e. The van der Waals surface area contributed by atoms with Crippen molar-refractivity contribution in [1.29, 1.82) is 0 Å². The molecule has 3 rings (SSSR count). The van der Waals surface area contributed by atoms with E-state index in [-0.39, 0.29) is 0 Å². The molecule has 2 saturated carbocycles. The summed E-state index contributed by atoms with van der Waals surface area (Å²) >= 11 is 1.99. The van der Waals surface area contributed by atoms with E-state index < -0.39 is 0 Å². The summed E-state index contributed by atoms with van der Waals surface area (Å²) in [6.07, 6.45) is 12.7. The highest BCUT2D eigenvalue weighted by Gasteiger charge is 2.37. The minimum Gasteiger partial charge on any atom is -0.364 e. The molecule has 0 saturated heterocycles. The van der Waals surface area contributed by atoms with Crippen LogP contribution in [0.2, 0.25) is 0 Å². The van der Waals surface area contributed by atoms with Gasteiger partial charge in [0, 0.05) is 18.8 Å². The third kappa shape index (κ3) is 2.96. The molecular weight excluding hydrogens is 252 g/mol. The standard InChI is InChI=1S/C16H28N2S/c1-2-15(9-6-10-15)11-17-14-18-12-16(13-19-14)7-4-3-5-8-16/h2-13H2,1H3,(H,17,18). The van der Waals surface area contributed by atoms with Gasteiger partial charge in [-0.25, -0.2) is 0 Å². The first kappa shape index (κ1) is 13.8. The highest BCUT2D eigenvalue weighted by atomic mass is 32.2. The van der Waals surface area contributed by atoms with Crippen LogP contribution in [-0.4, -0.2) is 24.0 Å². The van der Waals surface area contributed by atoms with Gasteiger partial charge in [-0.3, -0.25) is 4.99 Å². The number of rotatable bonds is 3. The van der Waals surface area contributed by atoms with E-state index in [2.05, 4.69) is 12.2 Å². The van der Waals surface area contributed by atoms with Gasteiger partial charge in [-0.05, 0) is 42.9 Å². The smallest absolute Gasteiger partial charge is 0.156 e. The molecule has 3 aliphatic rings. The molecule has 0 bridgehead atoms. The Morgan fingerprint density at radius 2 is 1.89 bits per heavy atom. The molecule has 0 atom stereocenters. The first-order chi connectivity index (χ1) is 9.26. The lowest BCUT2D eigenvalue weighted by Gasteiger charge is -2.42. The van der Waals surface area contributed by atoms with Gasteiger partial charge in [-0.2, -0.15) is 0 Å². The molecule has 3 heteroatoms. The Morgan fingerprint density at radius 1 is 1.11 bits per heavy atom. The number of thioether (sulfide) groups is 1. The summed E-state index contributed by atoms with van der Waals surface area (Å²) in [6, 6.07) is 0. The van der Waals surface area contributed by atoms with Gasteiger partial charge in [0.2, 0.25) is 0 Å². The topological polar surface area (TPSA) is 24.4 Å². The van der Waals surface area contributed by atoms with Crippen LogP contribution in [0.1, 0.15) is 64.7 Å². The van der Waals surface area contributed by atoms with Crippen LogP contribution < -0.4 is 5.32 Å². The van der Waals surface area contributed by atoms with Crippen LogP contribution in [0.15, 0.2) is 4.99 Å². The van der Waals surface area contributed by atoms with E-state index in [9.17, 15) is 0 Å². The number of nitrogens with one attached hydrogen (secondary N) is 1. The van der Waals surface area contributed by atoms with Crippen molar-refractivity contribution in [3.8, 4) is 0 Å². The van der Waals surface area contributed by atoms with Crippen molar-refractivity contribution in [3.63, 3.8) is 0 Å². The molecule has 0 unspecified atom stereocenters. The average molecular weight is 280 g/mol. The Morgan fingerprint density at radius 3 is 2.42 bits per heavy atom. The number of hydrogen-bond donors (Lipinski definition) is 1. The Hall–Kier alpha value is -0.180. The summed E-state index contributed by atoms with van der Waals surface area (Å²) in [7, 11) is 0. The van der Waals surface area contributed by atoms with Gasteiger partial charge >= 0.3 is 0 Å². The van der Waals surface area contributed by atoms with Crippen LogP contribution in [0.5, 0.6) is 0 Å². The van der Waals surface area contributed by atoms with Crippen molar-refractivity contribution in [2.75, 3.05) is 18.8 Å². The molecule has 0 aromatic carbocycles. The molecule has 1 aliphatic heterocycles. The van der Waals surface area contributed by atoms with Gasteiger partial charge in [0.15, 0.2) is 5.17 Å².